The van der Waals surface area contributed by atoms with Crippen molar-refractivity contribution in [2.45, 2.75) is 31.5 Å². The highest BCUT2D eigenvalue weighted by atomic mass is 32.1. The van der Waals surface area contributed by atoms with Gasteiger partial charge in [0.15, 0.2) is 4.77 Å². The molecule has 2 saturated heterocycles. The van der Waals surface area contributed by atoms with Crippen molar-refractivity contribution in [2.75, 3.05) is 6.54 Å². The Hall–Kier alpha value is -1.99. The third kappa shape index (κ3) is 2.70. The van der Waals surface area contributed by atoms with Gasteiger partial charge >= 0.3 is 0 Å². The van der Waals surface area contributed by atoms with E-state index in [4.69, 9.17) is 17.0 Å². The van der Waals surface area contributed by atoms with Crippen LogP contribution >= 0.6 is 12.2 Å². The summed E-state index contributed by atoms with van der Waals surface area (Å²) in [7, 11) is 0. The number of fused-ring (bicyclic) bond motifs is 3. The highest BCUT2D eigenvalue weighted by Crippen LogP contribution is 2.38. The minimum absolute atomic E-state index is 0.144. The summed E-state index contributed by atoms with van der Waals surface area (Å²) >= 11 is 4.96. The first kappa shape index (κ1) is 14.6. The largest absolute Gasteiger partial charge is 0.375 e. The van der Waals surface area contributed by atoms with Gasteiger partial charge in [0.05, 0.1) is 23.1 Å². The van der Waals surface area contributed by atoms with Crippen molar-refractivity contribution >= 4 is 29.0 Å². The molecule has 0 aliphatic carbocycles. The van der Waals surface area contributed by atoms with Crippen LogP contribution in [0.3, 0.4) is 0 Å². The van der Waals surface area contributed by atoms with E-state index in [9.17, 15) is 9.59 Å². The Morgan fingerprint density at radius 1 is 1.35 bits per heavy atom. The molecular weight excluding hydrogens is 314 g/mol. The number of rotatable bonds is 3. The van der Waals surface area contributed by atoms with Gasteiger partial charge in [-0.25, -0.2) is 0 Å². The molecule has 4 rings (SSSR count). The van der Waals surface area contributed by atoms with Crippen molar-refractivity contribution in [3.8, 4) is 0 Å². The smallest absolute Gasteiger partial charge is 0.259 e. The summed E-state index contributed by atoms with van der Waals surface area (Å²) in [5.74, 6) is 0.265. The Kier molecular flexibility index (Phi) is 3.54. The number of H-pyrrole nitrogens is 2. The van der Waals surface area contributed by atoms with E-state index in [0.29, 0.717) is 41.1 Å². The molecule has 2 aromatic rings. The minimum atomic E-state index is -0.255. The van der Waals surface area contributed by atoms with Gasteiger partial charge in [-0.3, -0.25) is 14.6 Å². The fraction of sp³-hybridized carbons (Fsp3) is 0.438. The van der Waals surface area contributed by atoms with Crippen LogP contribution in [0.5, 0.6) is 0 Å². The normalized spacial score (nSPS) is 25.8. The van der Waals surface area contributed by atoms with Crippen molar-refractivity contribution in [3.05, 3.63) is 38.9 Å². The Balaban J connectivity index is 1.51. The topological polar surface area (TPSA) is 87.0 Å². The zero-order valence-electron chi connectivity index (χ0n) is 12.4. The average molecular weight is 331 g/mol. The third-order valence-electron chi connectivity index (χ3n) is 4.76. The summed E-state index contributed by atoms with van der Waals surface area (Å²) in [4.78, 5) is 29.6. The summed E-state index contributed by atoms with van der Waals surface area (Å²) in [6.07, 6.45) is 3.96. The van der Waals surface area contributed by atoms with Gasteiger partial charge in [0.25, 0.3) is 11.5 Å². The molecule has 3 atom stereocenters. The number of aromatic nitrogens is 2. The van der Waals surface area contributed by atoms with E-state index in [2.05, 4.69) is 15.3 Å². The zero-order chi connectivity index (χ0) is 16.0. The maximum Gasteiger partial charge on any atom is 0.259 e. The minimum Gasteiger partial charge on any atom is -0.375 e. The molecule has 0 radical (unpaired) electrons. The number of amides is 1. The number of carbonyl (C=O) groups is 1. The highest BCUT2D eigenvalue weighted by molar-refractivity contribution is 7.71. The lowest BCUT2D eigenvalue weighted by atomic mass is 9.89. The Morgan fingerprint density at radius 3 is 2.96 bits per heavy atom. The van der Waals surface area contributed by atoms with Gasteiger partial charge in [0.2, 0.25) is 0 Å². The van der Waals surface area contributed by atoms with Crippen molar-refractivity contribution < 1.29 is 9.53 Å². The summed E-state index contributed by atoms with van der Waals surface area (Å²) in [6.45, 7) is 0.628. The van der Waals surface area contributed by atoms with E-state index in [1.54, 1.807) is 18.2 Å². The molecule has 1 amide bonds. The second-order valence-corrected chi connectivity index (χ2v) is 6.66. The van der Waals surface area contributed by atoms with E-state index >= 15 is 0 Å². The van der Waals surface area contributed by atoms with Crippen LogP contribution in [0.2, 0.25) is 0 Å². The Bertz CT molecular complexity index is 888. The number of ether oxygens (including phenoxy) is 1. The van der Waals surface area contributed by atoms with Gasteiger partial charge in [-0.15, -0.1) is 0 Å². The molecule has 0 spiro atoms. The average Bonchev–Trinajstić information content (AvgIpc) is 3.14. The first-order valence-corrected chi connectivity index (χ1v) is 8.21. The number of hydrogen-bond donors (Lipinski definition) is 3. The van der Waals surface area contributed by atoms with Crippen molar-refractivity contribution in [1.82, 2.24) is 15.3 Å². The SMILES string of the molecule is O=C(NC[C@@H]1C[C@H]2CC[C@H]1O2)c1ccc2c(=O)[nH]c(=S)[nH]c2c1. The molecule has 1 aromatic heterocycles. The molecule has 2 aliphatic rings. The standard InChI is InChI=1S/C16H17N3O3S/c20-14(17-7-9-5-10-2-4-13(9)22-10)8-1-3-11-12(6-8)18-16(23)19-15(11)21/h1,3,6,9-10,13H,2,4-5,7H2,(H,17,20)(H2,18,19,21,23)/t9-,10+,13+/m0/s1. The number of nitrogens with one attached hydrogen (secondary N) is 3. The quantitative estimate of drug-likeness (QED) is 0.750. The van der Waals surface area contributed by atoms with E-state index < -0.39 is 0 Å². The molecule has 0 saturated carbocycles. The predicted molar refractivity (Wildman–Crippen MR) is 88.1 cm³/mol. The second kappa shape index (κ2) is 5.58. The van der Waals surface area contributed by atoms with Gasteiger partial charge in [-0.05, 0) is 49.7 Å². The fourth-order valence-corrected chi connectivity index (χ4v) is 3.80. The van der Waals surface area contributed by atoms with E-state index in [1.165, 1.54) is 0 Å². The van der Waals surface area contributed by atoms with Crippen LogP contribution in [0.4, 0.5) is 0 Å². The van der Waals surface area contributed by atoms with Crippen LogP contribution in [0, 0.1) is 10.7 Å². The molecule has 0 unspecified atom stereocenters. The first-order valence-electron chi connectivity index (χ1n) is 7.80. The molecule has 2 fully saturated rings. The maximum atomic E-state index is 12.3. The van der Waals surface area contributed by atoms with Crippen molar-refractivity contribution in [2.24, 2.45) is 5.92 Å². The molecule has 3 N–H and O–H groups in total. The molecule has 3 heterocycles. The summed E-state index contributed by atoms with van der Waals surface area (Å²) < 4.78 is 6.05. The predicted octanol–water partition coefficient (Wildman–Crippen LogP) is 1.88. The molecular formula is C16H17N3O3S. The number of benzene rings is 1. The Labute approximate surface area is 137 Å². The van der Waals surface area contributed by atoms with Crippen molar-refractivity contribution in [1.29, 1.82) is 0 Å². The lowest BCUT2D eigenvalue weighted by molar-refractivity contribution is 0.0873. The van der Waals surface area contributed by atoms with Gasteiger partial charge in [0.1, 0.15) is 0 Å². The third-order valence-corrected chi connectivity index (χ3v) is 4.96. The maximum absolute atomic E-state index is 12.3. The Morgan fingerprint density at radius 2 is 2.22 bits per heavy atom. The molecule has 7 heteroatoms. The monoisotopic (exact) mass is 331 g/mol. The van der Waals surface area contributed by atoms with E-state index in [0.717, 1.165) is 19.3 Å². The van der Waals surface area contributed by atoms with Gasteiger partial charge < -0.3 is 15.0 Å². The lowest BCUT2D eigenvalue weighted by Crippen LogP contribution is -2.33. The number of aromatic amines is 2. The van der Waals surface area contributed by atoms with Crippen LogP contribution in [0.15, 0.2) is 23.0 Å². The molecule has 23 heavy (non-hydrogen) atoms. The number of hydrogen-bond acceptors (Lipinski definition) is 4. The van der Waals surface area contributed by atoms with Crippen molar-refractivity contribution in [3.63, 3.8) is 0 Å². The van der Waals surface area contributed by atoms with E-state index in [-0.39, 0.29) is 16.2 Å². The molecule has 6 nitrogen and oxygen atoms in total. The second-order valence-electron chi connectivity index (χ2n) is 6.25. The first-order chi connectivity index (χ1) is 11.1. The van der Waals surface area contributed by atoms with Crippen LogP contribution < -0.4 is 10.9 Å². The van der Waals surface area contributed by atoms with Crippen LogP contribution in [0.1, 0.15) is 29.6 Å². The molecule has 2 bridgehead atoms. The van der Waals surface area contributed by atoms with E-state index in [1.807, 2.05) is 0 Å². The summed E-state index contributed by atoms with van der Waals surface area (Å²) in [6, 6.07) is 4.95. The fourth-order valence-electron chi connectivity index (χ4n) is 3.59. The molecule has 1 aromatic carbocycles. The highest BCUT2D eigenvalue weighted by Gasteiger charge is 2.40. The van der Waals surface area contributed by atoms with Crippen LogP contribution in [-0.4, -0.2) is 34.6 Å². The van der Waals surface area contributed by atoms with Crippen LogP contribution in [-0.2, 0) is 4.74 Å². The number of carbonyl (C=O) groups excluding carboxylic acids is 1. The zero-order valence-corrected chi connectivity index (χ0v) is 13.2. The van der Waals surface area contributed by atoms with Gasteiger partial charge in [0, 0.05) is 18.0 Å². The van der Waals surface area contributed by atoms with Gasteiger partial charge in [-0.2, -0.15) is 0 Å². The molecule has 2 aliphatic heterocycles. The van der Waals surface area contributed by atoms with Crippen LogP contribution in [0.25, 0.3) is 10.9 Å². The van der Waals surface area contributed by atoms with Gasteiger partial charge in [-0.1, -0.05) is 0 Å². The summed E-state index contributed by atoms with van der Waals surface area (Å²) in [5.41, 5.74) is 0.822. The lowest BCUT2D eigenvalue weighted by Gasteiger charge is -2.18. The molecule has 120 valence electrons. The summed E-state index contributed by atoms with van der Waals surface area (Å²) in [5, 5.41) is 3.46.